The van der Waals surface area contributed by atoms with Gasteiger partial charge >= 0.3 is 0 Å². The van der Waals surface area contributed by atoms with Gasteiger partial charge in [0.25, 0.3) is 0 Å². The lowest BCUT2D eigenvalue weighted by atomic mass is 10.1. The van der Waals surface area contributed by atoms with Crippen LogP contribution in [0.5, 0.6) is 11.5 Å². The molecule has 0 unspecified atom stereocenters. The number of fused-ring (bicyclic) bond motifs is 3. The van der Waals surface area contributed by atoms with Crippen molar-refractivity contribution in [2.45, 2.75) is 40.5 Å². The number of nitrogens with zero attached hydrogens (tertiary/aromatic N) is 2. The molecule has 31 heavy (non-hydrogen) atoms. The molecule has 0 saturated carbocycles. The molecule has 0 amide bonds. The standard InChI is InChI=1S/C26H38N2O2S/c1-5-27(6-2)15-9-17-29-21-11-13-25-23(19-21)24-20-22(12-14-26(24)31-25)30-18-10-16-28(7-3)8-4/h11-14,19-20H,5-10,15-18H2,1-4H3. The van der Waals surface area contributed by atoms with Gasteiger partial charge in [-0.05, 0) is 75.4 Å². The first-order valence-corrected chi connectivity index (χ1v) is 12.7. The summed E-state index contributed by atoms with van der Waals surface area (Å²) in [6, 6.07) is 12.9. The molecule has 2 aromatic carbocycles. The topological polar surface area (TPSA) is 24.9 Å². The van der Waals surface area contributed by atoms with Gasteiger partial charge in [-0.1, -0.05) is 27.7 Å². The molecule has 4 nitrogen and oxygen atoms in total. The van der Waals surface area contributed by atoms with Gasteiger partial charge in [-0.15, -0.1) is 11.3 Å². The van der Waals surface area contributed by atoms with Crippen LogP contribution in [0.2, 0.25) is 0 Å². The van der Waals surface area contributed by atoms with Gasteiger partial charge in [0.1, 0.15) is 11.5 Å². The molecular formula is C26H38N2O2S. The molecule has 0 N–H and O–H groups in total. The highest BCUT2D eigenvalue weighted by Crippen LogP contribution is 2.37. The first-order chi connectivity index (χ1) is 15.2. The highest BCUT2D eigenvalue weighted by atomic mass is 32.1. The quantitative estimate of drug-likeness (QED) is 0.274. The molecule has 0 radical (unpaired) electrons. The molecule has 0 aliphatic carbocycles. The molecule has 0 bridgehead atoms. The van der Waals surface area contributed by atoms with Crippen LogP contribution in [0.15, 0.2) is 36.4 Å². The normalized spacial score (nSPS) is 11.8. The SMILES string of the molecule is CCN(CC)CCCOc1ccc2sc3ccc(OCCCN(CC)CC)cc3c2c1. The Kier molecular flexibility index (Phi) is 9.44. The van der Waals surface area contributed by atoms with Gasteiger partial charge < -0.3 is 19.3 Å². The van der Waals surface area contributed by atoms with Crippen LogP contribution in [0, 0.1) is 0 Å². The summed E-state index contributed by atoms with van der Waals surface area (Å²) >= 11 is 1.83. The van der Waals surface area contributed by atoms with Crippen LogP contribution in [-0.4, -0.2) is 62.3 Å². The van der Waals surface area contributed by atoms with Gasteiger partial charge in [0.2, 0.25) is 0 Å². The first-order valence-electron chi connectivity index (χ1n) is 11.8. The Labute approximate surface area is 191 Å². The highest BCUT2D eigenvalue weighted by Gasteiger charge is 2.09. The zero-order valence-electron chi connectivity index (χ0n) is 19.7. The summed E-state index contributed by atoms with van der Waals surface area (Å²) in [5, 5.41) is 2.52. The Balaban J connectivity index is 1.62. The van der Waals surface area contributed by atoms with Crippen LogP contribution in [0.1, 0.15) is 40.5 Å². The largest absolute Gasteiger partial charge is 0.494 e. The summed E-state index contributed by atoms with van der Waals surface area (Å²) in [5.74, 6) is 1.91. The molecule has 170 valence electrons. The Morgan fingerprint density at radius 3 is 1.45 bits per heavy atom. The Bertz CT molecular complexity index is 857. The minimum atomic E-state index is 0.755. The maximum Gasteiger partial charge on any atom is 0.120 e. The summed E-state index contributed by atoms with van der Waals surface area (Å²) < 4.78 is 14.7. The maximum atomic E-state index is 6.07. The van der Waals surface area contributed by atoms with Crippen molar-refractivity contribution in [1.29, 1.82) is 0 Å². The minimum Gasteiger partial charge on any atom is -0.494 e. The predicted octanol–water partition coefficient (Wildman–Crippen LogP) is 6.28. The minimum absolute atomic E-state index is 0.755. The van der Waals surface area contributed by atoms with Crippen LogP contribution in [0.3, 0.4) is 0 Å². The van der Waals surface area contributed by atoms with Crippen LogP contribution in [0.4, 0.5) is 0 Å². The predicted molar refractivity (Wildman–Crippen MR) is 135 cm³/mol. The lowest BCUT2D eigenvalue weighted by Gasteiger charge is -2.17. The third kappa shape index (κ3) is 6.58. The average Bonchev–Trinajstić information content (AvgIpc) is 3.16. The number of hydrogen-bond donors (Lipinski definition) is 0. The van der Waals surface area contributed by atoms with Gasteiger partial charge in [0.05, 0.1) is 13.2 Å². The second-order valence-electron chi connectivity index (χ2n) is 7.88. The number of benzene rings is 2. The first kappa shape index (κ1) is 23.8. The average molecular weight is 443 g/mol. The molecule has 0 spiro atoms. The van der Waals surface area contributed by atoms with Gasteiger partial charge in [0, 0.05) is 33.3 Å². The molecule has 0 aliphatic rings. The lowest BCUT2D eigenvalue weighted by molar-refractivity contribution is 0.249. The molecule has 0 fully saturated rings. The van der Waals surface area contributed by atoms with E-state index in [1.165, 1.54) is 20.2 Å². The van der Waals surface area contributed by atoms with Crippen LogP contribution in [-0.2, 0) is 0 Å². The van der Waals surface area contributed by atoms with Crippen molar-refractivity contribution in [2.24, 2.45) is 0 Å². The lowest BCUT2D eigenvalue weighted by Crippen LogP contribution is -2.25. The van der Waals surface area contributed by atoms with Gasteiger partial charge in [-0.25, -0.2) is 0 Å². The Morgan fingerprint density at radius 1 is 0.645 bits per heavy atom. The molecular weight excluding hydrogens is 404 g/mol. The molecule has 5 heteroatoms. The Morgan fingerprint density at radius 2 is 1.06 bits per heavy atom. The fourth-order valence-electron chi connectivity index (χ4n) is 3.95. The van der Waals surface area contributed by atoms with Crippen LogP contribution in [0.25, 0.3) is 20.2 Å². The van der Waals surface area contributed by atoms with Crippen molar-refractivity contribution in [3.05, 3.63) is 36.4 Å². The number of rotatable bonds is 14. The van der Waals surface area contributed by atoms with E-state index >= 15 is 0 Å². The third-order valence-electron chi connectivity index (χ3n) is 5.98. The molecule has 3 rings (SSSR count). The number of thiophene rings is 1. The third-order valence-corrected chi connectivity index (χ3v) is 7.13. The molecule has 1 aromatic heterocycles. The fraction of sp³-hybridized carbons (Fsp3) is 0.538. The Hall–Kier alpha value is -1.82. The fourth-order valence-corrected chi connectivity index (χ4v) is 5.02. The van der Waals surface area contributed by atoms with Crippen LogP contribution >= 0.6 is 11.3 Å². The van der Waals surface area contributed by atoms with Crippen molar-refractivity contribution in [2.75, 3.05) is 52.5 Å². The zero-order valence-corrected chi connectivity index (χ0v) is 20.5. The summed E-state index contributed by atoms with van der Waals surface area (Å²) in [4.78, 5) is 4.87. The van der Waals surface area contributed by atoms with E-state index in [0.29, 0.717) is 0 Å². The molecule has 0 atom stereocenters. The second-order valence-corrected chi connectivity index (χ2v) is 8.96. The highest BCUT2D eigenvalue weighted by molar-refractivity contribution is 7.25. The van der Waals surface area contributed by atoms with E-state index in [2.05, 4.69) is 73.9 Å². The van der Waals surface area contributed by atoms with E-state index in [1.807, 2.05) is 11.3 Å². The van der Waals surface area contributed by atoms with Crippen molar-refractivity contribution >= 4 is 31.5 Å². The smallest absolute Gasteiger partial charge is 0.120 e. The monoisotopic (exact) mass is 442 g/mol. The van der Waals surface area contributed by atoms with Gasteiger partial charge in [0.15, 0.2) is 0 Å². The molecule has 0 aliphatic heterocycles. The molecule has 1 heterocycles. The maximum absolute atomic E-state index is 6.07. The van der Waals surface area contributed by atoms with E-state index in [1.54, 1.807) is 0 Å². The summed E-state index contributed by atoms with van der Waals surface area (Å²) in [6.45, 7) is 16.9. The van der Waals surface area contributed by atoms with E-state index in [-0.39, 0.29) is 0 Å². The van der Waals surface area contributed by atoms with Crippen molar-refractivity contribution in [1.82, 2.24) is 9.80 Å². The van der Waals surface area contributed by atoms with Crippen molar-refractivity contribution in [3.8, 4) is 11.5 Å². The van der Waals surface area contributed by atoms with Crippen molar-refractivity contribution in [3.63, 3.8) is 0 Å². The summed E-state index contributed by atoms with van der Waals surface area (Å²) in [6.07, 6.45) is 2.10. The van der Waals surface area contributed by atoms with E-state index in [0.717, 1.165) is 76.8 Å². The second kappa shape index (κ2) is 12.3. The number of hydrogen-bond acceptors (Lipinski definition) is 5. The van der Waals surface area contributed by atoms with Gasteiger partial charge in [-0.3, -0.25) is 0 Å². The number of ether oxygens (including phenoxy) is 2. The summed E-state index contributed by atoms with van der Waals surface area (Å²) in [5.41, 5.74) is 0. The van der Waals surface area contributed by atoms with Gasteiger partial charge in [-0.2, -0.15) is 0 Å². The van der Waals surface area contributed by atoms with E-state index < -0.39 is 0 Å². The molecule has 3 aromatic rings. The van der Waals surface area contributed by atoms with Crippen LogP contribution < -0.4 is 9.47 Å². The zero-order chi connectivity index (χ0) is 22.1. The van der Waals surface area contributed by atoms with Crippen molar-refractivity contribution < 1.29 is 9.47 Å². The summed E-state index contributed by atoms with van der Waals surface area (Å²) in [7, 11) is 0. The molecule has 0 saturated heterocycles. The van der Waals surface area contributed by atoms with E-state index in [9.17, 15) is 0 Å². The van der Waals surface area contributed by atoms with E-state index in [4.69, 9.17) is 9.47 Å².